The molecule has 41 heavy (non-hydrogen) atoms. The van der Waals surface area contributed by atoms with Crippen molar-refractivity contribution in [2.75, 3.05) is 13.4 Å². The fourth-order valence-electron chi connectivity index (χ4n) is 5.72. The second kappa shape index (κ2) is 13.6. The summed E-state index contributed by atoms with van der Waals surface area (Å²) in [4.78, 5) is 0. The van der Waals surface area contributed by atoms with Gasteiger partial charge in [0.05, 0.1) is 6.61 Å². The molecule has 0 amide bonds. The minimum Gasteiger partial charge on any atom is -0.312 e. The molecular weight excluding hydrogens is 523 g/mol. The maximum Gasteiger partial charge on any atom is 0.337 e. The first-order chi connectivity index (χ1) is 18.9. The third kappa shape index (κ3) is 9.62. The summed E-state index contributed by atoms with van der Waals surface area (Å²) in [7, 11) is -1.03. The molecule has 2 aromatic carbocycles. The van der Waals surface area contributed by atoms with E-state index in [0.29, 0.717) is 12.7 Å². The normalized spacial score (nSPS) is 15.4. The van der Waals surface area contributed by atoms with Gasteiger partial charge in [0.2, 0.25) is 0 Å². The van der Waals surface area contributed by atoms with Gasteiger partial charge in [-0.05, 0) is 67.9 Å². The van der Waals surface area contributed by atoms with Crippen LogP contribution in [0.15, 0.2) is 36.4 Å². The van der Waals surface area contributed by atoms with Gasteiger partial charge in [-0.2, -0.15) is 0 Å². The van der Waals surface area contributed by atoms with Crippen LogP contribution in [0.2, 0.25) is 0 Å². The second-order valence-electron chi connectivity index (χ2n) is 16.1. The molecule has 4 heteroatoms. The number of unbranched alkanes of at least 4 members (excludes halogenated alkanes) is 4. The molecule has 1 aliphatic rings. The van der Waals surface area contributed by atoms with Crippen LogP contribution in [0.5, 0.6) is 0 Å². The van der Waals surface area contributed by atoms with E-state index >= 15 is 0 Å². The highest BCUT2D eigenvalue weighted by atomic mass is 31.2. The van der Waals surface area contributed by atoms with E-state index in [9.17, 15) is 0 Å². The molecule has 0 aromatic heterocycles. The van der Waals surface area contributed by atoms with Crippen LogP contribution in [0, 0.1) is 0 Å². The molecule has 0 bridgehead atoms. The first-order valence-corrected chi connectivity index (χ1v) is 17.0. The van der Waals surface area contributed by atoms with Crippen molar-refractivity contribution in [2.24, 2.45) is 0 Å². The van der Waals surface area contributed by atoms with E-state index in [1.54, 1.807) is 0 Å². The van der Waals surface area contributed by atoms with E-state index in [-0.39, 0.29) is 21.7 Å². The van der Waals surface area contributed by atoms with Crippen LogP contribution in [0.25, 0.3) is 0 Å². The molecule has 230 valence electrons. The van der Waals surface area contributed by atoms with Crippen LogP contribution in [-0.2, 0) is 35.2 Å². The zero-order chi connectivity index (χ0) is 30.6. The quantitative estimate of drug-likeness (QED) is 0.195. The van der Waals surface area contributed by atoms with Crippen molar-refractivity contribution in [2.45, 2.75) is 149 Å². The Balaban J connectivity index is 1.94. The van der Waals surface area contributed by atoms with Crippen LogP contribution in [-0.4, -0.2) is 13.4 Å². The van der Waals surface area contributed by atoms with E-state index in [1.165, 1.54) is 65.5 Å². The van der Waals surface area contributed by atoms with E-state index in [0.717, 1.165) is 13.0 Å². The minimum absolute atomic E-state index is 0.0670. The Morgan fingerprint density at radius 3 is 1.44 bits per heavy atom. The molecule has 0 atom stereocenters. The lowest BCUT2D eigenvalue weighted by Gasteiger charge is -2.34. The van der Waals surface area contributed by atoms with Crippen molar-refractivity contribution in [3.63, 3.8) is 0 Å². The van der Waals surface area contributed by atoms with Gasteiger partial charge < -0.3 is 4.52 Å². The van der Waals surface area contributed by atoms with Crippen molar-refractivity contribution >= 4 is 8.60 Å². The second-order valence-corrected chi connectivity index (χ2v) is 17.4. The predicted molar refractivity (Wildman–Crippen MR) is 177 cm³/mol. The number of benzene rings is 2. The van der Waals surface area contributed by atoms with Crippen molar-refractivity contribution in [1.82, 2.24) is 0 Å². The first kappa shape index (κ1) is 34.2. The topological polar surface area (TPSA) is 27.7 Å². The third-order valence-corrected chi connectivity index (χ3v) is 9.38. The lowest BCUT2D eigenvalue weighted by Crippen LogP contribution is -2.23. The van der Waals surface area contributed by atoms with Crippen LogP contribution in [0.4, 0.5) is 0 Å². The van der Waals surface area contributed by atoms with Gasteiger partial charge in [-0.15, -0.1) is 0 Å². The van der Waals surface area contributed by atoms with Gasteiger partial charge in [0, 0.05) is 5.92 Å². The van der Waals surface area contributed by atoms with Crippen molar-refractivity contribution in [1.29, 1.82) is 0 Å². The highest BCUT2D eigenvalue weighted by Gasteiger charge is 2.31. The average Bonchev–Trinajstić information content (AvgIpc) is 2.81. The smallest absolute Gasteiger partial charge is 0.312 e. The maximum absolute atomic E-state index is 5.62. The molecular formula is C37H59O3P. The predicted octanol–water partition coefficient (Wildman–Crippen LogP) is 11.6. The van der Waals surface area contributed by atoms with Crippen LogP contribution >= 0.6 is 8.60 Å². The molecule has 3 nitrogen and oxygen atoms in total. The molecule has 0 radical (unpaired) electrons. The van der Waals surface area contributed by atoms with Crippen molar-refractivity contribution in [3.8, 4) is 0 Å². The summed E-state index contributed by atoms with van der Waals surface area (Å²) in [5.74, 6) is 0.375. The Morgan fingerprint density at radius 2 is 1.05 bits per heavy atom. The van der Waals surface area contributed by atoms with Gasteiger partial charge in [0.1, 0.15) is 0 Å². The standard InChI is InChI=1S/C37H59O3P/c1-34(2,3)27-19-21-30(32(24-27)36(7,8)9)29(18-16-14-13-15-17-23-38-41-39-26-40-41)31-22-20-28(35(4,5)6)25-33(31)37(10,11)12/h19-22,24-25,29H,13-18,23,26H2,1-12H3. The Kier molecular flexibility index (Phi) is 11.3. The SMILES string of the molecule is CC(C)(C)c1ccc(C(CCCCCCCOP2OCO2)c2ccc(C(C)(C)C)cc2C(C)(C)C)c(C(C)(C)C)c1. The van der Waals surface area contributed by atoms with E-state index in [2.05, 4.69) is 119 Å². The molecule has 0 unspecified atom stereocenters. The zero-order valence-electron chi connectivity index (χ0n) is 28.4. The van der Waals surface area contributed by atoms with Crippen LogP contribution in [0.1, 0.15) is 161 Å². The lowest BCUT2D eigenvalue weighted by molar-refractivity contribution is -0.00822. The van der Waals surface area contributed by atoms with Crippen LogP contribution in [0.3, 0.4) is 0 Å². The Morgan fingerprint density at radius 1 is 0.610 bits per heavy atom. The summed E-state index contributed by atoms with van der Waals surface area (Å²) in [5, 5.41) is 0. The van der Waals surface area contributed by atoms with Gasteiger partial charge in [0.25, 0.3) is 0 Å². The van der Waals surface area contributed by atoms with Crippen molar-refractivity contribution in [3.05, 3.63) is 69.8 Å². The van der Waals surface area contributed by atoms with Crippen LogP contribution < -0.4 is 0 Å². The molecule has 0 aliphatic carbocycles. The van der Waals surface area contributed by atoms with Gasteiger partial charge in [-0.1, -0.05) is 145 Å². The van der Waals surface area contributed by atoms with E-state index < -0.39 is 8.60 Å². The highest BCUT2D eigenvalue weighted by Crippen LogP contribution is 2.47. The molecule has 2 aromatic rings. The van der Waals surface area contributed by atoms with Gasteiger partial charge in [-0.25, -0.2) is 0 Å². The van der Waals surface area contributed by atoms with Crippen molar-refractivity contribution < 1.29 is 13.6 Å². The fourth-order valence-corrected chi connectivity index (χ4v) is 6.34. The molecule has 1 saturated heterocycles. The Bertz CT molecular complexity index is 1050. The zero-order valence-corrected chi connectivity index (χ0v) is 29.3. The van der Waals surface area contributed by atoms with Gasteiger partial charge in [-0.3, -0.25) is 9.05 Å². The largest absolute Gasteiger partial charge is 0.337 e. The summed E-state index contributed by atoms with van der Waals surface area (Å²) >= 11 is 0. The fraction of sp³-hybridized carbons (Fsp3) is 0.676. The molecule has 1 heterocycles. The Labute approximate surface area is 254 Å². The molecule has 0 N–H and O–H groups in total. The first-order valence-electron chi connectivity index (χ1n) is 15.9. The van der Waals surface area contributed by atoms with E-state index in [1.807, 2.05) is 0 Å². The monoisotopic (exact) mass is 582 g/mol. The molecule has 0 saturated carbocycles. The summed E-state index contributed by atoms with van der Waals surface area (Å²) < 4.78 is 16.1. The number of hydrogen-bond acceptors (Lipinski definition) is 3. The molecule has 1 fully saturated rings. The minimum atomic E-state index is -1.03. The third-order valence-electron chi connectivity index (χ3n) is 8.36. The summed E-state index contributed by atoms with van der Waals surface area (Å²) in [6, 6.07) is 14.8. The lowest BCUT2D eigenvalue weighted by atomic mass is 9.70. The average molecular weight is 583 g/mol. The van der Waals surface area contributed by atoms with E-state index in [4.69, 9.17) is 13.6 Å². The maximum atomic E-state index is 5.62. The number of hydrogen-bond donors (Lipinski definition) is 0. The summed E-state index contributed by atoms with van der Waals surface area (Å²) in [6.07, 6.45) is 7.13. The summed E-state index contributed by atoms with van der Waals surface area (Å²) in [6.45, 7) is 29.4. The Hall–Kier alpha value is -1.25. The molecule has 3 rings (SSSR count). The molecule has 1 aliphatic heterocycles. The van der Waals surface area contributed by atoms with Gasteiger partial charge in [0.15, 0.2) is 6.79 Å². The van der Waals surface area contributed by atoms with Gasteiger partial charge >= 0.3 is 8.60 Å². The summed E-state index contributed by atoms with van der Waals surface area (Å²) in [5.41, 5.74) is 9.24. The highest BCUT2D eigenvalue weighted by molar-refractivity contribution is 7.42. The number of rotatable bonds is 11. The molecule has 0 spiro atoms.